The largest absolute Gasteiger partial charge is 0.317 e. The second-order valence-corrected chi connectivity index (χ2v) is 6.64. The SMILES string of the molecule is CNC(C)CCS(=O)(=O)c1ccc(C)cc1C. The number of rotatable bonds is 5. The van der Waals surface area contributed by atoms with E-state index in [9.17, 15) is 8.42 Å². The van der Waals surface area contributed by atoms with Crippen LogP contribution in [0.1, 0.15) is 24.5 Å². The van der Waals surface area contributed by atoms with Crippen LogP contribution in [0, 0.1) is 13.8 Å². The summed E-state index contributed by atoms with van der Waals surface area (Å²) in [6.45, 7) is 5.80. The van der Waals surface area contributed by atoms with Crippen LogP contribution in [0.4, 0.5) is 0 Å². The monoisotopic (exact) mass is 255 g/mol. The minimum atomic E-state index is -3.15. The fourth-order valence-corrected chi connectivity index (χ4v) is 3.44. The van der Waals surface area contributed by atoms with Gasteiger partial charge in [-0.25, -0.2) is 8.42 Å². The molecule has 0 aliphatic carbocycles. The molecule has 17 heavy (non-hydrogen) atoms. The Bertz CT molecular complexity index is 480. The molecule has 0 aliphatic rings. The smallest absolute Gasteiger partial charge is 0.178 e. The Morgan fingerprint density at radius 3 is 2.47 bits per heavy atom. The molecule has 0 saturated heterocycles. The van der Waals surface area contributed by atoms with Gasteiger partial charge in [0.25, 0.3) is 0 Å². The second-order valence-electron chi connectivity index (χ2n) is 4.57. The van der Waals surface area contributed by atoms with Crippen molar-refractivity contribution in [2.45, 2.75) is 38.1 Å². The summed E-state index contributed by atoms with van der Waals surface area (Å²) in [7, 11) is -1.31. The Labute approximate surface area is 104 Å². The maximum Gasteiger partial charge on any atom is 0.178 e. The molecule has 1 rings (SSSR count). The molecule has 3 nitrogen and oxygen atoms in total. The molecule has 1 aromatic rings. The summed E-state index contributed by atoms with van der Waals surface area (Å²) in [5, 5.41) is 3.05. The number of nitrogens with one attached hydrogen (secondary N) is 1. The Kier molecular flexibility index (Phi) is 4.71. The van der Waals surface area contributed by atoms with Crippen LogP contribution in [0.15, 0.2) is 23.1 Å². The summed E-state index contributed by atoms with van der Waals surface area (Å²) in [5.74, 6) is 0.193. The number of sulfone groups is 1. The van der Waals surface area contributed by atoms with Gasteiger partial charge in [0.05, 0.1) is 10.6 Å². The lowest BCUT2D eigenvalue weighted by atomic mass is 10.2. The van der Waals surface area contributed by atoms with Crippen LogP contribution in [-0.2, 0) is 9.84 Å². The summed E-state index contributed by atoms with van der Waals surface area (Å²) in [4.78, 5) is 0.464. The van der Waals surface area contributed by atoms with Gasteiger partial charge >= 0.3 is 0 Å². The average molecular weight is 255 g/mol. The van der Waals surface area contributed by atoms with E-state index in [1.165, 1.54) is 0 Å². The highest BCUT2D eigenvalue weighted by molar-refractivity contribution is 7.91. The van der Waals surface area contributed by atoms with Gasteiger partial charge in [0.2, 0.25) is 0 Å². The fraction of sp³-hybridized carbons (Fsp3) is 0.538. The van der Waals surface area contributed by atoms with Crippen molar-refractivity contribution < 1.29 is 8.42 Å². The zero-order chi connectivity index (χ0) is 13.1. The van der Waals surface area contributed by atoms with Crippen molar-refractivity contribution in [3.63, 3.8) is 0 Å². The topological polar surface area (TPSA) is 46.2 Å². The molecule has 0 amide bonds. The predicted octanol–water partition coefficient (Wildman–Crippen LogP) is 2.08. The first-order chi connectivity index (χ1) is 7.86. The quantitative estimate of drug-likeness (QED) is 0.876. The minimum Gasteiger partial charge on any atom is -0.317 e. The predicted molar refractivity (Wildman–Crippen MR) is 71.1 cm³/mol. The summed E-state index contributed by atoms with van der Waals surface area (Å²) in [5.41, 5.74) is 1.92. The molecule has 1 N–H and O–H groups in total. The van der Waals surface area contributed by atoms with E-state index >= 15 is 0 Å². The molecular weight excluding hydrogens is 234 g/mol. The number of hydrogen-bond acceptors (Lipinski definition) is 3. The van der Waals surface area contributed by atoms with Crippen molar-refractivity contribution in [3.8, 4) is 0 Å². The van der Waals surface area contributed by atoms with Crippen molar-refractivity contribution in [2.24, 2.45) is 0 Å². The molecule has 1 unspecified atom stereocenters. The van der Waals surface area contributed by atoms with Gasteiger partial charge in [0.1, 0.15) is 0 Å². The van der Waals surface area contributed by atoms with Crippen molar-refractivity contribution in [1.82, 2.24) is 5.32 Å². The summed E-state index contributed by atoms with van der Waals surface area (Å²) in [6, 6.07) is 5.69. The van der Waals surface area contributed by atoms with Gasteiger partial charge in [-0.1, -0.05) is 17.7 Å². The second kappa shape index (κ2) is 5.65. The number of hydrogen-bond donors (Lipinski definition) is 1. The van der Waals surface area contributed by atoms with Crippen LogP contribution >= 0.6 is 0 Å². The van der Waals surface area contributed by atoms with Gasteiger partial charge < -0.3 is 5.32 Å². The standard InChI is InChI=1S/C13H21NO2S/c1-10-5-6-13(11(2)9-10)17(15,16)8-7-12(3)14-4/h5-6,9,12,14H,7-8H2,1-4H3. The first kappa shape index (κ1) is 14.2. The Morgan fingerprint density at radius 1 is 1.29 bits per heavy atom. The average Bonchev–Trinajstić information content (AvgIpc) is 2.25. The Balaban J connectivity index is 2.90. The van der Waals surface area contributed by atoms with Crippen molar-refractivity contribution in [2.75, 3.05) is 12.8 Å². The highest BCUT2D eigenvalue weighted by Gasteiger charge is 2.17. The Morgan fingerprint density at radius 2 is 1.94 bits per heavy atom. The van der Waals surface area contributed by atoms with Gasteiger partial charge in [-0.15, -0.1) is 0 Å². The molecule has 0 radical (unpaired) electrons. The van der Waals surface area contributed by atoms with Crippen LogP contribution in [0.25, 0.3) is 0 Å². The lowest BCUT2D eigenvalue weighted by Gasteiger charge is -2.12. The van der Waals surface area contributed by atoms with Crippen molar-refractivity contribution in [3.05, 3.63) is 29.3 Å². The first-order valence-corrected chi connectivity index (χ1v) is 7.49. The molecule has 0 aromatic heterocycles. The maximum absolute atomic E-state index is 12.2. The van der Waals surface area contributed by atoms with E-state index in [-0.39, 0.29) is 11.8 Å². The highest BCUT2D eigenvalue weighted by Crippen LogP contribution is 2.18. The third kappa shape index (κ3) is 3.82. The molecule has 0 spiro atoms. The van der Waals surface area contributed by atoms with Crippen LogP contribution in [0.2, 0.25) is 0 Å². The van der Waals surface area contributed by atoms with E-state index in [0.717, 1.165) is 11.1 Å². The molecule has 1 aromatic carbocycles. The number of aryl methyl sites for hydroxylation is 2. The first-order valence-electron chi connectivity index (χ1n) is 5.84. The lowest BCUT2D eigenvalue weighted by molar-refractivity contribution is 0.565. The highest BCUT2D eigenvalue weighted by atomic mass is 32.2. The molecule has 0 heterocycles. The summed E-state index contributed by atoms with van der Waals surface area (Å²) >= 11 is 0. The van der Waals surface area contributed by atoms with Crippen molar-refractivity contribution >= 4 is 9.84 Å². The van der Waals surface area contributed by atoms with Crippen LogP contribution in [-0.4, -0.2) is 27.3 Å². The molecule has 96 valence electrons. The third-order valence-corrected chi connectivity index (χ3v) is 4.88. The zero-order valence-electron chi connectivity index (χ0n) is 10.9. The molecule has 4 heteroatoms. The van der Waals surface area contributed by atoms with Crippen molar-refractivity contribution in [1.29, 1.82) is 0 Å². The van der Waals surface area contributed by atoms with E-state index in [2.05, 4.69) is 5.32 Å². The third-order valence-electron chi connectivity index (χ3n) is 2.98. The molecular formula is C13H21NO2S. The molecule has 0 aliphatic heterocycles. The van der Waals surface area contributed by atoms with Crippen LogP contribution in [0.5, 0.6) is 0 Å². The molecule has 0 saturated carbocycles. The zero-order valence-corrected chi connectivity index (χ0v) is 11.8. The van der Waals surface area contributed by atoms with E-state index in [1.807, 2.05) is 40.0 Å². The summed E-state index contributed by atoms with van der Waals surface area (Å²) < 4.78 is 24.3. The number of benzene rings is 1. The fourth-order valence-electron chi connectivity index (χ4n) is 1.73. The maximum atomic E-state index is 12.2. The van der Waals surface area contributed by atoms with Gasteiger partial charge in [-0.05, 0) is 45.9 Å². The minimum absolute atomic E-state index is 0.193. The lowest BCUT2D eigenvalue weighted by Crippen LogP contribution is -2.24. The van der Waals surface area contributed by atoms with Gasteiger partial charge in [0.15, 0.2) is 9.84 Å². The van der Waals surface area contributed by atoms with E-state index in [0.29, 0.717) is 11.3 Å². The summed E-state index contributed by atoms with van der Waals surface area (Å²) in [6.07, 6.45) is 0.631. The van der Waals surface area contributed by atoms with Crippen LogP contribution < -0.4 is 5.32 Å². The van der Waals surface area contributed by atoms with E-state index < -0.39 is 9.84 Å². The molecule has 0 bridgehead atoms. The van der Waals surface area contributed by atoms with E-state index in [4.69, 9.17) is 0 Å². The molecule has 0 fully saturated rings. The van der Waals surface area contributed by atoms with E-state index in [1.54, 1.807) is 6.07 Å². The van der Waals surface area contributed by atoms with Crippen LogP contribution in [0.3, 0.4) is 0 Å². The van der Waals surface area contributed by atoms with Gasteiger partial charge in [0, 0.05) is 6.04 Å². The molecule has 1 atom stereocenters. The van der Waals surface area contributed by atoms with Gasteiger partial charge in [-0.3, -0.25) is 0 Å². The van der Waals surface area contributed by atoms with Gasteiger partial charge in [-0.2, -0.15) is 0 Å². The Hall–Kier alpha value is -0.870. The normalized spacial score (nSPS) is 13.6.